The van der Waals surface area contributed by atoms with Crippen LogP contribution in [0.25, 0.3) is 0 Å². The summed E-state index contributed by atoms with van der Waals surface area (Å²) in [4.78, 5) is 26.0. The number of likely N-dealkylation sites (N-methyl/N-ethyl adjacent to an activating group) is 1. The van der Waals surface area contributed by atoms with E-state index in [0.29, 0.717) is 26.1 Å². The summed E-state index contributed by atoms with van der Waals surface area (Å²) in [6, 6.07) is 10.1. The van der Waals surface area contributed by atoms with Crippen LogP contribution in [0.4, 0.5) is 0 Å². The number of nitrogens with zero attached hydrogens (tertiary/aromatic N) is 1. The third-order valence-corrected chi connectivity index (χ3v) is 3.94. The molecule has 23 heavy (non-hydrogen) atoms. The fraction of sp³-hybridized carbons (Fsp3) is 0.529. The number of carbonyl (C=O) groups is 2. The highest BCUT2D eigenvalue weighted by molar-refractivity contribution is 5.89. The molecule has 0 spiro atoms. The number of hydrogen-bond donors (Lipinski definition) is 2. The Labute approximate surface area is 144 Å². The van der Waals surface area contributed by atoms with Crippen LogP contribution in [-0.4, -0.2) is 42.4 Å². The zero-order valence-corrected chi connectivity index (χ0v) is 14.6. The van der Waals surface area contributed by atoms with Crippen molar-refractivity contribution in [2.45, 2.75) is 32.9 Å². The van der Waals surface area contributed by atoms with Gasteiger partial charge >= 0.3 is 0 Å². The summed E-state index contributed by atoms with van der Waals surface area (Å²) in [7, 11) is 0. The molecule has 1 aromatic carbocycles. The zero-order valence-electron chi connectivity index (χ0n) is 13.7. The number of rotatable bonds is 7. The molecule has 1 aromatic rings. The van der Waals surface area contributed by atoms with E-state index in [2.05, 4.69) is 10.6 Å². The molecule has 0 bridgehead atoms. The van der Waals surface area contributed by atoms with Gasteiger partial charge in [0.05, 0.1) is 5.92 Å². The quantitative estimate of drug-likeness (QED) is 0.792. The molecule has 0 radical (unpaired) electrons. The molecule has 128 valence electrons. The highest BCUT2D eigenvalue weighted by Gasteiger charge is 2.34. The van der Waals surface area contributed by atoms with Crippen LogP contribution in [-0.2, 0) is 16.1 Å². The van der Waals surface area contributed by atoms with Gasteiger partial charge in [-0.25, -0.2) is 0 Å². The molecule has 2 amide bonds. The molecule has 1 fully saturated rings. The molecule has 0 aromatic heterocycles. The molecule has 1 aliphatic heterocycles. The minimum atomic E-state index is -0.231. The fourth-order valence-corrected chi connectivity index (χ4v) is 2.72. The van der Waals surface area contributed by atoms with Gasteiger partial charge in [-0.3, -0.25) is 9.59 Å². The standard InChI is InChI=1S/C17H25N3O2.ClH/c1-3-18-13(2)10-19-17(22)15-9-16(21)20(12-15)11-14-7-5-4-6-8-14;/h4-8,13,15,18H,3,9-12H2,1-2H3,(H,19,22);1H/t13-,15?;/m1./s1. The second kappa shape index (κ2) is 9.53. The number of likely N-dealkylation sites (tertiary alicyclic amines) is 1. The van der Waals surface area contributed by atoms with Crippen molar-refractivity contribution in [2.75, 3.05) is 19.6 Å². The molecule has 0 aliphatic carbocycles. The van der Waals surface area contributed by atoms with Crippen LogP contribution in [0.1, 0.15) is 25.8 Å². The van der Waals surface area contributed by atoms with Crippen LogP contribution in [0.15, 0.2) is 30.3 Å². The highest BCUT2D eigenvalue weighted by Crippen LogP contribution is 2.20. The van der Waals surface area contributed by atoms with Gasteiger partial charge in [0.25, 0.3) is 0 Å². The second-order valence-corrected chi connectivity index (χ2v) is 5.86. The Hall–Kier alpha value is -1.59. The summed E-state index contributed by atoms with van der Waals surface area (Å²) in [5.74, 6) is -0.192. The Bertz CT molecular complexity index is 510. The third kappa shape index (κ3) is 5.84. The Morgan fingerprint density at radius 2 is 2.04 bits per heavy atom. The van der Waals surface area contributed by atoms with E-state index in [4.69, 9.17) is 0 Å². The highest BCUT2D eigenvalue weighted by atomic mass is 35.5. The minimum absolute atomic E-state index is 0. The van der Waals surface area contributed by atoms with Crippen molar-refractivity contribution in [1.82, 2.24) is 15.5 Å². The summed E-state index contributed by atoms with van der Waals surface area (Å²) in [6.07, 6.45) is 0.314. The number of nitrogens with one attached hydrogen (secondary N) is 2. The maximum Gasteiger partial charge on any atom is 0.225 e. The number of halogens is 1. The first kappa shape index (κ1) is 19.5. The van der Waals surface area contributed by atoms with Gasteiger partial charge in [0.2, 0.25) is 11.8 Å². The minimum Gasteiger partial charge on any atom is -0.354 e. The predicted molar refractivity (Wildman–Crippen MR) is 93.4 cm³/mol. The molecule has 1 unspecified atom stereocenters. The lowest BCUT2D eigenvalue weighted by atomic mass is 10.1. The van der Waals surface area contributed by atoms with Crippen LogP contribution < -0.4 is 10.6 Å². The van der Waals surface area contributed by atoms with Gasteiger partial charge in [-0.2, -0.15) is 0 Å². The Balaban J connectivity index is 0.00000264. The molecule has 1 saturated heterocycles. The molecule has 0 saturated carbocycles. The number of benzene rings is 1. The summed E-state index contributed by atoms with van der Waals surface area (Å²) < 4.78 is 0. The lowest BCUT2D eigenvalue weighted by Crippen LogP contribution is -2.41. The van der Waals surface area contributed by atoms with Gasteiger partial charge in [-0.15, -0.1) is 12.4 Å². The van der Waals surface area contributed by atoms with Gasteiger partial charge in [-0.1, -0.05) is 37.3 Å². The maximum absolute atomic E-state index is 12.2. The maximum atomic E-state index is 12.2. The van der Waals surface area contributed by atoms with E-state index < -0.39 is 0 Å². The molecule has 2 rings (SSSR count). The van der Waals surface area contributed by atoms with Gasteiger partial charge in [-0.05, 0) is 19.0 Å². The summed E-state index contributed by atoms with van der Waals surface area (Å²) >= 11 is 0. The van der Waals surface area contributed by atoms with Crippen molar-refractivity contribution in [3.05, 3.63) is 35.9 Å². The van der Waals surface area contributed by atoms with E-state index in [9.17, 15) is 9.59 Å². The monoisotopic (exact) mass is 339 g/mol. The average molecular weight is 340 g/mol. The molecule has 5 nitrogen and oxygen atoms in total. The smallest absolute Gasteiger partial charge is 0.225 e. The first-order valence-corrected chi connectivity index (χ1v) is 7.93. The number of carbonyl (C=O) groups excluding carboxylic acids is 2. The lowest BCUT2D eigenvalue weighted by molar-refractivity contribution is -0.129. The first-order valence-electron chi connectivity index (χ1n) is 7.93. The van der Waals surface area contributed by atoms with Crippen molar-refractivity contribution < 1.29 is 9.59 Å². The summed E-state index contributed by atoms with van der Waals surface area (Å²) in [5, 5.41) is 6.18. The topological polar surface area (TPSA) is 61.4 Å². The predicted octanol–water partition coefficient (Wildman–Crippen LogP) is 1.57. The van der Waals surface area contributed by atoms with Crippen LogP contribution in [0.2, 0.25) is 0 Å². The van der Waals surface area contributed by atoms with E-state index in [1.54, 1.807) is 4.90 Å². The molecular formula is C17H26ClN3O2. The average Bonchev–Trinajstić information content (AvgIpc) is 2.87. The zero-order chi connectivity index (χ0) is 15.9. The van der Waals surface area contributed by atoms with Crippen LogP contribution in [0.3, 0.4) is 0 Å². The van der Waals surface area contributed by atoms with Crippen molar-refractivity contribution in [1.29, 1.82) is 0 Å². The molecule has 2 atom stereocenters. The second-order valence-electron chi connectivity index (χ2n) is 5.86. The summed E-state index contributed by atoms with van der Waals surface area (Å²) in [6.45, 7) is 6.63. The van der Waals surface area contributed by atoms with Gasteiger partial charge < -0.3 is 15.5 Å². The molecule has 2 N–H and O–H groups in total. The van der Waals surface area contributed by atoms with E-state index in [0.717, 1.165) is 12.1 Å². The number of amides is 2. The lowest BCUT2D eigenvalue weighted by Gasteiger charge is -2.17. The molecule has 6 heteroatoms. The largest absolute Gasteiger partial charge is 0.354 e. The molecule has 1 heterocycles. The third-order valence-electron chi connectivity index (χ3n) is 3.94. The molecule has 1 aliphatic rings. The molecular weight excluding hydrogens is 314 g/mol. The number of hydrogen-bond acceptors (Lipinski definition) is 3. The van der Waals surface area contributed by atoms with Crippen LogP contribution in [0.5, 0.6) is 0 Å². The van der Waals surface area contributed by atoms with E-state index in [-0.39, 0.29) is 36.2 Å². The van der Waals surface area contributed by atoms with Gasteiger partial charge in [0, 0.05) is 32.1 Å². The van der Waals surface area contributed by atoms with E-state index in [1.165, 1.54) is 0 Å². The Kier molecular flexibility index (Phi) is 8.06. The van der Waals surface area contributed by atoms with Crippen molar-refractivity contribution in [2.24, 2.45) is 5.92 Å². The Morgan fingerprint density at radius 3 is 2.70 bits per heavy atom. The van der Waals surface area contributed by atoms with Crippen LogP contribution >= 0.6 is 12.4 Å². The van der Waals surface area contributed by atoms with Gasteiger partial charge in [0.1, 0.15) is 0 Å². The Morgan fingerprint density at radius 1 is 1.35 bits per heavy atom. The first-order chi connectivity index (χ1) is 10.6. The normalized spacial score (nSPS) is 18.4. The van der Waals surface area contributed by atoms with Gasteiger partial charge in [0.15, 0.2) is 0 Å². The SMILES string of the molecule is CCN[C@H](C)CNC(=O)C1CC(=O)N(Cc2ccccc2)C1.Cl. The fourth-order valence-electron chi connectivity index (χ4n) is 2.72. The van der Waals surface area contributed by atoms with Crippen molar-refractivity contribution in [3.8, 4) is 0 Å². The van der Waals surface area contributed by atoms with Crippen LogP contribution in [0, 0.1) is 5.92 Å². The summed E-state index contributed by atoms with van der Waals surface area (Å²) in [5.41, 5.74) is 1.10. The van der Waals surface area contributed by atoms with Crippen molar-refractivity contribution >= 4 is 24.2 Å². The van der Waals surface area contributed by atoms with Crippen molar-refractivity contribution in [3.63, 3.8) is 0 Å². The van der Waals surface area contributed by atoms with E-state index in [1.807, 2.05) is 44.2 Å². The van der Waals surface area contributed by atoms with E-state index >= 15 is 0 Å².